The third-order valence-corrected chi connectivity index (χ3v) is 5.95. The summed E-state index contributed by atoms with van der Waals surface area (Å²) in [6.45, 7) is 8.25. The number of Topliss-reactive ketones (excluding diaryl/α,β-unsaturated/α-hetero) is 1. The standard InChI is InChI=1S/C22H30ClNO6/c1-5-6-9-17(23)16(2)22(11-8-7-10-18(22)25)24(4)20(27)30-15-29-19(26)12-21(3)13-28-14-21/h5-6,9H,2,7-8,10-15H2,1,3-4H3/b6-5-,17-9+/t22-/m1/s1. The number of ether oxygens (including phenoxy) is 3. The average Bonchev–Trinajstić information content (AvgIpc) is 2.70. The summed E-state index contributed by atoms with van der Waals surface area (Å²) in [5.74, 6) is -0.610. The molecule has 2 fully saturated rings. The molecule has 0 aromatic heterocycles. The summed E-state index contributed by atoms with van der Waals surface area (Å²) < 4.78 is 15.3. The lowest BCUT2D eigenvalue weighted by molar-refractivity contribution is -0.166. The van der Waals surface area contributed by atoms with E-state index >= 15 is 0 Å². The maximum atomic E-state index is 12.9. The second kappa shape index (κ2) is 10.3. The van der Waals surface area contributed by atoms with Crippen molar-refractivity contribution < 1.29 is 28.6 Å². The number of rotatable bonds is 8. The van der Waals surface area contributed by atoms with Crippen LogP contribution in [0.1, 0.15) is 46.0 Å². The number of allylic oxidation sites excluding steroid dienone is 3. The van der Waals surface area contributed by atoms with Gasteiger partial charge in [-0.2, -0.15) is 0 Å². The number of likely N-dealkylation sites (N-methyl/N-ethyl adjacent to an activating group) is 1. The Morgan fingerprint density at radius 2 is 2.00 bits per heavy atom. The zero-order valence-corrected chi connectivity index (χ0v) is 18.6. The van der Waals surface area contributed by atoms with Crippen molar-refractivity contribution >= 4 is 29.4 Å². The second-order valence-corrected chi connectivity index (χ2v) is 8.50. The minimum Gasteiger partial charge on any atom is -0.428 e. The Labute approximate surface area is 182 Å². The smallest absolute Gasteiger partial charge is 0.413 e. The van der Waals surface area contributed by atoms with Crippen molar-refractivity contribution in [3.8, 4) is 0 Å². The molecule has 0 radical (unpaired) electrons. The van der Waals surface area contributed by atoms with Crippen LogP contribution in [0, 0.1) is 5.41 Å². The minimum absolute atomic E-state index is 0.139. The monoisotopic (exact) mass is 439 g/mol. The number of carbonyl (C=O) groups is 3. The molecule has 8 heteroatoms. The zero-order chi connectivity index (χ0) is 22.4. The van der Waals surface area contributed by atoms with Crippen molar-refractivity contribution in [3.63, 3.8) is 0 Å². The molecule has 1 atom stereocenters. The van der Waals surface area contributed by atoms with Gasteiger partial charge >= 0.3 is 12.1 Å². The van der Waals surface area contributed by atoms with Gasteiger partial charge in [0.15, 0.2) is 5.78 Å². The predicted molar refractivity (Wildman–Crippen MR) is 113 cm³/mol. The Morgan fingerprint density at radius 3 is 2.57 bits per heavy atom. The normalized spacial score (nSPS) is 23.6. The van der Waals surface area contributed by atoms with Crippen LogP contribution in [0.25, 0.3) is 0 Å². The first-order chi connectivity index (χ1) is 14.2. The van der Waals surface area contributed by atoms with Crippen LogP contribution in [-0.2, 0) is 23.8 Å². The summed E-state index contributed by atoms with van der Waals surface area (Å²) in [6.07, 6.45) is 6.78. The summed E-state index contributed by atoms with van der Waals surface area (Å²) >= 11 is 6.37. The number of ketones is 1. The lowest BCUT2D eigenvalue weighted by Gasteiger charge is -2.43. The Balaban J connectivity index is 2.05. The van der Waals surface area contributed by atoms with Crippen LogP contribution in [0.4, 0.5) is 4.79 Å². The summed E-state index contributed by atoms with van der Waals surface area (Å²) in [4.78, 5) is 38.8. The number of carbonyl (C=O) groups excluding carboxylic acids is 3. The molecule has 0 spiro atoms. The van der Waals surface area contributed by atoms with Gasteiger partial charge in [0.2, 0.25) is 6.79 Å². The summed E-state index contributed by atoms with van der Waals surface area (Å²) in [5.41, 5.74) is -1.17. The van der Waals surface area contributed by atoms with E-state index in [4.69, 9.17) is 25.8 Å². The van der Waals surface area contributed by atoms with Crippen LogP contribution < -0.4 is 0 Å². The molecule has 1 aliphatic heterocycles. The van der Waals surface area contributed by atoms with Gasteiger partial charge in [-0.05, 0) is 37.8 Å². The fourth-order valence-electron chi connectivity index (χ4n) is 3.72. The van der Waals surface area contributed by atoms with Crippen LogP contribution in [0.3, 0.4) is 0 Å². The molecule has 2 rings (SSSR count). The third-order valence-electron chi connectivity index (χ3n) is 5.60. The quantitative estimate of drug-likeness (QED) is 0.321. The van der Waals surface area contributed by atoms with Crippen LogP contribution in [0.15, 0.2) is 35.4 Å². The number of esters is 1. The van der Waals surface area contributed by atoms with Gasteiger partial charge in [-0.3, -0.25) is 14.5 Å². The molecule has 7 nitrogen and oxygen atoms in total. The first kappa shape index (κ1) is 24.2. The lowest BCUT2D eigenvalue weighted by Crippen LogP contribution is -2.58. The van der Waals surface area contributed by atoms with E-state index in [1.807, 2.05) is 13.8 Å². The largest absolute Gasteiger partial charge is 0.428 e. The molecule has 0 aromatic rings. The van der Waals surface area contributed by atoms with Crippen molar-refractivity contribution in [3.05, 3.63) is 35.4 Å². The highest BCUT2D eigenvalue weighted by Gasteiger charge is 2.49. The Hall–Kier alpha value is -2.12. The fourth-order valence-corrected chi connectivity index (χ4v) is 3.95. The van der Waals surface area contributed by atoms with Crippen LogP contribution in [0.2, 0.25) is 0 Å². The minimum atomic E-state index is -1.29. The number of nitrogens with zero attached hydrogens (tertiary/aromatic N) is 1. The van der Waals surface area contributed by atoms with Crippen LogP contribution >= 0.6 is 11.6 Å². The molecule has 1 heterocycles. The molecule has 0 unspecified atom stereocenters. The topological polar surface area (TPSA) is 82.1 Å². The Morgan fingerprint density at radius 1 is 1.30 bits per heavy atom. The first-order valence-electron chi connectivity index (χ1n) is 10.0. The van der Waals surface area contributed by atoms with Gasteiger partial charge in [-0.15, -0.1) is 0 Å². The fraction of sp³-hybridized carbons (Fsp3) is 0.591. The van der Waals surface area contributed by atoms with Gasteiger partial charge in [0, 0.05) is 23.9 Å². The number of hydrogen-bond acceptors (Lipinski definition) is 6. The van der Waals surface area contributed by atoms with E-state index in [0.717, 1.165) is 12.8 Å². The molecule has 1 saturated carbocycles. The van der Waals surface area contributed by atoms with E-state index in [1.54, 1.807) is 18.2 Å². The second-order valence-electron chi connectivity index (χ2n) is 8.09. The molecule has 1 amide bonds. The van der Waals surface area contributed by atoms with Gasteiger partial charge in [0.05, 0.1) is 19.6 Å². The first-order valence-corrected chi connectivity index (χ1v) is 10.4. The number of hydrogen-bond donors (Lipinski definition) is 0. The van der Waals surface area contributed by atoms with Crippen molar-refractivity contribution in [2.24, 2.45) is 5.41 Å². The molecule has 1 aliphatic carbocycles. The molecular formula is C22H30ClNO6. The molecule has 166 valence electrons. The van der Waals surface area contributed by atoms with E-state index in [-0.39, 0.29) is 17.6 Å². The van der Waals surface area contributed by atoms with Gasteiger partial charge in [0.1, 0.15) is 5.54 Å². The molecule has 0 N–H and O–H groups in total. The molecule has 30 heavy (non-hydrogen) atoms. The maximum Gasteiger partial charge on any atom is 0.413 e. The summed E-state index contributed by atoms with van der Waals surface area (Å²) in [5, 5.41) is 0.297. The number of amides is 1. The average molecular weight is 440 g/mol. The van der Waals surface area contributed by atoms with Gasteiger partial charge < -0.3 is 14.2 Å². The van der Waals surface area contributed by atoms with E-state index in [0.29, 0.717) is 36.7 Å². The summed E-state index contributed by atoms with van der Waals surface area (Å²) in [6, 6.07) is 0. The predicted octanol–water partition coefficient (Wildman–Crippen LogP) is 4.12. The highest BCUT2D eigenvalue weighted by molar-refractivity contribution is 6.32. The summed E-state index contributed by atoms with van der Waals surface area (Å²) in [7, 11) is 1.48. The number of halogens is 1. The highest BCUT2D eigenvalue weighted by Crippen LogP contribution is 2.40. The maximum absolute atomic E-state index is 12.9. The van der Waals surface area contributed by atoms with E-state index < -0.39 is 24.4 Å². The van der Waals surface area contributed by atoms with Gasteiger partial charge in [-0.1, -0.05) is 37.3 Å². The zero-order valence-electron chi connectivity index (χ0n) is 17.9. The van der Waals surface area contributed by atoms with Crippen molar-refractivity contribution in [2.75, 3.05) is 27.1 Å². The van der Waals surface area contributed by atoms with Crippen LogP contribution in [-0.4, -0.2) is 55.3 Å². The van der Waals surface area contributed by atoms with Gasteiger partial charge in [0.25, 0.3) is 0 Å². The molecule has 2 aliphatic rings. The lowest BCUT2D eigenvalue weighted by atomic mass is 9.74. The Bertz CT molecular complexity index is 755. The van der Waals surface area contributed by atoms with Crippen molar-refractivity contribution in [1.29, 1.82) is 0 Å². The Kier molecular flexibility index (Phi) is 8.26. The molecule has 0 bridgehead atoms. The van der Waals surface area contributed by atoms with E-state index in [2.05, 4.69) is 6.58 Å². The molecular weight excluding hydrogens is 410 g/mol. The van der Waals surface area contributed by atoms with E-state index in [9.17, 15) is 14.4 Å². The van der Waals surface area contributed by atoms with Crippen LogP contribution in [0.5, 0.6) is 0 Å². The van der Waals surface area contributed by atoms with Crippen molar-refractivity contribution in [1.82, 2.24) is 4.90 Å². The highest BCUT2D eigenvalue weighted by atomic mass is 35.5. The third kappa shape index (κ3) is 5.32. The van der Waals surface area contributed by atoms with E-state index in [1.165, 1.54) is 11.9 Å². The SMILES string of the molecule is C=C(/C(Cl)=C\C=C/C)[C@]1(N(C)C(=O)OCOC(=O)CC2(C)COC2)CCCCC1=O. The van der Waals surface area contributed by atoms with Gasteiger partial charge in [-0.25, -0.2) is 4.79 Å². The molecule has 1 saturated heterocycles. The molecule has 0 aromatic carbocycles. The van der Waals surface area contributed by atoms with Crippen molar-refractivity contribution in [2.45, 2.75) is 51.5 Å².